The lowest BCUT2D eigenvalue weighted by molar-refractivity contribution is 0.0917. The average Bonchev–Trinajstić information content (AvgIpc) is 3.47. The summed E-state index contributed by atoms with van der Waals surface area (Å²) in [4.78, 5) is 27.3. The molecule has 0 saturated carbocycles. The Morgan fingerprint density at radius 1 is 0.583 bits per heavy atom. The van der Waals surface area contributed by atoms with E-state index in [0.29, 0.717) is 59.2 Å². The van der Waals surface area contributed by atoms with Crippen LogP contribution in [0.2, 0.25) is 0 Å². The van der Waals surface area contributed by atoms with E-state index in [9.17, 15) is 9.59 Å². The molecule has 0 unspecified atom stereocenters. The predicted octanol–water partition coefficient (Wildman–Crippen LogP) is 8.37. The topological polar surface area (TPSA) is 71.1 Å². The molecule has 0 N–H and O–H groups in total. The van der Waals surface area contributed by atoms with Crippen molar-refractivity contribution < 1.29 is 28.5 Å². The minimum atomic E-state index is -0.102. The molecule has 6 nitrogen and oxygen atoms in total. The Kier molecular flexibility index (Phi) is 14.6. The summed E-state index contributed by atoms with van der Waals surface area (Å²) < 4.78 is 23.7. The Bertz CT molecular complexity index is 843. The first-order chi connectivity index (χ1) is 17.6. The second kappa shape index (κ2) is 17.4. The molecule has 0 bridgehead atoms. The number of Topliss-reactive ketones (excluding diaryl/α,β-unsaturated/α-hetero) is 2. The number of thiophene rings is 2. The highest BCUT2D eigenvalue weighted by atomic mass is 32.1. The summed E-state index contributed by atoms with van der Waals surface area (Å²) in [5.41, 5.74) is 0. The molecule has 8 heteroatoms. The second-order valence-electron chi connectivity index (χ2n) is 8.67. The lowest BCUT2D eigenvalue weighted by atomic mass is 10.1. The van der Waals surface area contributed by atoms with Crippen LogP contribution in [0.1, 0.15) is 111 Å². The number of carbonyl (C=O) groups is 2. The van der Waals surface area contributed by atoms with Gasteiger partial charge >= 0.3 is 0 Å². The molecule has 2 rings (SSSR count). The van der Waals surface area contributed by atoms with Crippen LogP contribution in [0.5, 0.6) is 23.0 Å². The van der Waals surface area contributed by atoms with Crippen LogP contribution in [0.15, 0.2) is 10.8 Å². The third kappa shape index (κ3) is 9.43. The molecule has 202 valence electrons. The Hall–Kier alpha value is -2.06. The van der Waals surface area contributed by atoms with Gasteiger partial charge in [0, 0.05) is 23.6 Å². The molecule has 2 aromatic rings. The van der Waals surface area contributed by atoms with Gasteiger partial charge in [-0.2, -0.15) is 0 Å². The van der Waals surface area contributed by atoms with Crippen LogP contribution in [0, 0.1) is 0 Å². The van der Waals surface area contributed by atoms with Gasteiger partial charge in [0.2, 0.25) is 0 Å². The Balaban J connectivity index is 2.09. The highest BCUT2D eigenvalue weighted by molar-refractivity contribution is 7.13. The van der Waals surface area contributed by atoms with Crippen molar-refractivity contribution >= 4 is 34.2 Å². The normalized spacial score (nSPS) is 10.9. The monoisotopic (exact) mass is 538 g/mol. The molecule has 0 atom stereocenters. The lowest BCUT2D eigenvalue weighted by Gasteiger charge is -2.11. The van der Waals surface area contributed by atoms with E-state index in [1.54, 1.807) is 0 Å². The van der Waals surface area contributed by atoms with Crippen molar-refractivity contribution in [2.75, 3.05) is 26.4 Å². The van der Waals surface area contributed by atoms with Crippen LogP contribution in [0.3, 0.4) is 0 Å². The van der Waals surface area contributed by atoms with Crippen LogP contribution in [0.4, 0.5) is 0 Å². The van der Waals surface area contributed by atoms with Gasteiger partial charge in [-0.3, -0.25) is 9.59 Å². The van der Waals surface area contributed by atoms with Crippen molar-refractivity contribution in [2.24, 2.45) is 0 Å². The number of hydrogen-bond donors (Lipinski definition) is 0. The zero-order chi connectivity index (χ0) is 26.2. The van der Waals surface area contributed by atoms with Crippen LogP contribution >= 0.6 is 22.7 Å². The van der Waals surface area contributed by atoms with Gasteiger partial charge < -0.3 is 18.9 Å². The maximum Gasteiger partial charge on any atom is 0.182 e. The molecular weight excluding hydrogens is 496 g/mol. The van der Waals surface area contributed by atoms with E-state index in [4.69, 9.17) is 18.9 Å². The molecule has 0 radical (unpaired) electrons. The summed E-state index contributed by atoms with van der Waals surface area (Å²) in [5.74, 6) is 2.09. The van der Waals surface area contributed by atoms with Gasteiger partial charge in [0.05, 0.1) is 26.4 Å². The smallest absolute Gasteiger partial charge is 0.182 e. The third-order valence-electron chi connectivity index (χ3n) is 5.51. The molecule has 0 aliphatic rings. The van der Waals surface area contributed by atoms with Crippen molar-refractivity contribution in [3.05, 3.63) is 20.5 Å². The Morgan fingerprint density at radius 3 is 1.25 bits per heavy atom. The molecule has 2 heterocycles. The highest BCUT2D eigenvalue weighted by Gasteiger charge is 2.25. The summed E-state index contributed by atoms with van der Waals surface area (Å²) in [6.45, 7) is 10.6. The number of rotatable bonds is 21. The summed E-state index contributed by atoms with van der Waals surface area (Å²) in [6, 6.07) is 0. The summed E-state index contributed by atoms with van der Waals surface area (Å²) in [7, 11) is 0. The van der Waals surface area contributed by atoms with Crippen molar-refractivity contribution in [1.82, 2.24) is 0 Å². The largest absolute Gasteiger partial charge is 0.489 e. The average molecular weight is 539 g/mol. The number of unbranched alkanes of at least 4 members (excludes halogenated alkanes) is 4. The molecule has 36 heavy (non-hydrogen) atoms. The molecule has 0 aliphatic carbocycles. The van der Waals surface area contributed by atoms with Gasteiger partial charge in [-0.05, 0) is 25.7 Å². The van der Waals surface area contributed by atoms with Gasteiger partial charge in [0.15, 0.2) is 34.6 Å². The van der Waals surface area contributed by atoms with Gasteiger partial charge in [-0.25, -0.2) is 0 Å². The van der Waals surface area contributed by atoms with Crippen molar-refractivity contribution in [2.45, 2.75) is 91.9 Å². The number of hydrogen-bond acceptors (Lipinski definition) is 8. The lowest BCUT2D eigenvalue weighted by Crippen LogP contribution is -2.08. The summed E-state index contributed by atoms with van der Waals surface area (Å²) >= 11 is 2.65. The van der Waals surface area contributed by atoms with Gasteiger partial charge in [0.25, 0.3) is 0 Å². The fraction of sp³-hybridized carbons (Fsp3) is 0.643. The highest BCUT2D eigenvalue weighted by Crippen LogP contribution is 2.41. The maximum absolute atomic E-state index is 13.1. The number of carbonyl (C=O) groups excluding carboxylic acids is 2. The van der Waals surface area contributed by atoms with Crippen LogP contribution in [-0.2, 0) is 0 Å². The first-order valence-corrected chi connectivity index (χ1v) is 15.1. The van der Waals surface area contributed by atoms with E-state index in [2.05, 4.69) is 27.7 Å². The minimum Gasteiger partial charge on any atom is -0.489 e. The minimum absolute atomic E-state index is 0.102. The first-order valence-electron chi connectivity index (χ1n) is 13.4. The SMILES string of the molecule is CCCCOc1csc(C(=O)CCC(=O)c2scc(OCCCC)c2OCCCC)c1OCCCC. The van der Waals surface area contributed by atoms with Gasteiger partial charge in [-0.15, -0.1) is 22.7 Å². The third-order valence-corrected chi connectivity index (χ3v) is 7.47. The molecule has 0 spiro atoms. The summed E-state index contributed by atoms with van der Waals surface area (Å²) in [6.07, 6.45) is 7.96. The van der Waals surface area contributed by atoms with Crippen molar-refractivity contribution in [1.29, 1.82) is 0 Å². The first kappa shape index (κ1) is 30.2. The quantitative estimate of drug-likeness (QED) is 0.117. The maximum atomic E-state index is 13.1. The number of ketones is 2. The molecule has 0 fully saturated rings. The van der Waals surface area contributed by atoms with Gasteiger partial charge in [0.1, 0.15) is 9.75 Å². The van der Waals surface area contributed by atoms with E-state index in [1.165, 1.54) is 22.7 Å². The zero-order valence-electron chi connectivity index (χ0n) is 22.3. The van der Waals surface area contributed by atoms with Gasteiger partial charge in [-0.1, -0.05) is 53.4 Å². The van der Waals surface area contributed by atoms with Crippen molar-refractivity contribution in [3.8, 4) is 23.0 Å². The predicted molar refractivity (Wildman–Crippen MR) is 148 cm³/mol. The molecule has 0 aromatic carbocycles. The Labute approximate surface area is 224 Å². The van der Waals surface area contributed by atoms with E-state index in [-0.39, 0.29) is 24.4 Å². The number of ether oxygens (including phenoxy) is 4. The molecule has 0 aliphatic heterocycles. The van der Waals surface area contributed by atoms with E-state index in [0.717, 1.165) is 51.4 Å². The zero-order valence-corrected chi connectivity index (χ0v) is 24.0. The summed E-state index contributed by atoms with van der Waals surface area (Å²) in [5, 5.41) is 3.68. The van der Waals surface area contributed by atoms with E-state index >= 15 is 0 Å². The second-order valence-corrected chi connectivity index (χ2v) is 10.4. The fourth-order valence-corrected chi connectivity index (χ4v) is 5.06. The van der Waals surface area contributed by atoms with Crippen molar-refractivity contribution in [3.63, 3.8) is 0 Å². The van der Waals surface area contributed by atoms with Crippen LogP contribution in [-0.4, -0.2) is 38.0 Å². The van der Waals surface area contributed by atoms with Crippen LogP contribution < -0.4 is 18.9 Å². The van der Waals surface area contributed by atoms with E-state index < -0.39 is 0 Å². The Morgan fingerprint density at radius 2 is 0.917 bits per heavy atom. The molecule has 2 aromatic heterocycles. The molecular formula is C28H42O6S2. The van der Waals surface area contributed by atoms with E-state index in [1.807, 2.05) is 10.8 Å². The molecule has 0 saturated heterocycles. The fourth-order valence-electron chi connectivity index (χ4n) is 3.26. The molecule has 0 amide bonds. The van der Waals surface area contributed by atoms with Crippen LogP contribution in [0.25, 0.3) is 0 Å². The standard InChI is InChI=1S/C28H42O6S2/c1-5-9-15-31-23-19-35-27(25(23)33-17-11-7-3)21(29)13-14-22(30)28-26(34-18-12-8-4)24(20-36-28)32-16-10-6-2/h19-20H,5-18H2,1-4H3.